The number of rotatable bonds is 4. The predicted octanol–water partition coefficient (Wildman–Crippen LogP) is 6.36. The summed E-state index contributed by atoms with van der Waals surface area (Å²) in [5.74, 6) is 2.04. The van der Waals surface area contributed by atoms with Crippen molar-refractivity contribution in [3.8, 4) is 0 Å². The van der Waals surface area contributed by atoms with E-state index in [1.54, 1.807) is 0 Å². The average Bonchev–Trinajstić information content (AvgIpc) is 3.33. The minimum atomic E-state index is -0.0220. The number of benzene rings is 1. The molecule has 3 fully saturated rings. The number of aromatic nitrogens is 1. The van der Waals surface area contributed by atoms with Crippen LogP contribution in [0.1, 0.15) is 73.8 Å². The Kier molecular flexibility index (Phi) is 9.12. The van der Waals surface area contributed by atoms with Crippen LogP contribution in [0.4, 0.5) is 0 Å². The van der Waals surface area contributed by atoms with Crippen LogP contribution in [0, 0.1) is 17.8 Å². The van der Waals surface area contributed by atoms with Crippen LogP contribution in [0.25, 0.3) is 0 Å². The molecular weight excluding hydrogens is 668 g/mol. The van der Waals surface area contributed by atoms with Crippen LogP contribution in [0.2, 0.25) is 5.02 Å². The molecule has 1 aliphatic carbocycles. The van der Waals surface area contributed by atoms with Crippen LogP contribution >= 0.6 is 43.5 Å². The molecule has 0 bridgehead atoms. The highest BCUT2D eigenvalue weighted by atomic mass is 79.9. The molecule has 2 amide bonds. The van der Waals surface area contributed by atoms with Gasteiger partial charge in [0.05, 0.1) is 11.7 Å². The molecule has 6 rings (SSSR count). The Morgan fingerprint density at radius 2 is 1.71 bits per heavy atom. The van der Waals surface area contributed by atoms with Crippen molar-refractivity contribution in [2.75, 3.05) is 32.7 Å². The maximum Gasteiger partial charge on any atom is 0.239 e. The number of nitrogens with one attached hydrogen (secondary N) is 1. The van der Waals surface area contributed by atoms with E-state index in [1.165, 1.54) is 22.4 Å². The van der Waals surface area contributed by atoms with Crippen molar-refractivity contribution < 1.29 is 9.59 Å². The Morgan fingerprint density at radius 3 is 2.41 bits per heavy atom. The number of likely N-dealkylation sites (tertiary alicyclic amines) is 2. The fourth-order valence-electron chi connectivity index (χ4n) is 7.57. The second-order valence-corrected chi connectivity index (χ2v) is 14.8. The topological polar surface area (TPSA) is 65.5 Å². The number of fused-ring (bicyclic) bond motifs is 2. The number of halogens is 3. The molecule has 6 nitrogen and oxygen atoms in total. The minimum absolute atomic E-state index is 0.0220. The summed E-state index contributed by atoms with van der Waals surface area (Å²) in [6, 6.07) is 6.34. The van der Waals surface area contributed by atoms with Crippen molar-refractivity contribution in [2.45, 2.75) is 70.3 Å². The van der Waals surface area contributed by atoms with Gasteiger partial charge in [-0.2, -0.15) is 0 Å². The maximum atomic E-state index is 13.4. The first-order valence-corrected chi connectivity index (χ1v) is 17.1. The normalized spacial score (nSPS) is 25.5. The number of carbonyl (C=O) groups excluding carboxylic acids is 2. The lowest BCUT2D eigenvalue weighted by molar-refractivity contribution is -0.136. The van der Waals surface area contributed by atoms with E-state index in [2.05, 4.69) is 61.1 Å². The fraction of sp³-hybridized carbons (Fsp3) is 0.594. The maximum absolute atomic E-state index is 13.4. The highest BCUT2D eigenvalue weighted by Crippen LogP contribution is 2.46. The van der Waals surface area contributed by atoms with E-state index < -0.39 is 0 Å². The van der Waals surface area contributed by atoms with E-state index in [9.17, 15) is 9.59 Å². The van der Waals surface area contributed by atoms with Gasteiger partial charge in [-0.05, 0) is 120 Å². The van der Waals surface area contributed by atoms with Crippen molar-refractivity contribution >= 4 is 55.3 Å². The van der Waals surface area contributed by atoms with E-state index in [0.29, 0.717) is 24.2 Å². The van der Waals surface area contributed by atoms with Crippen molar-refractivity contribution in [1.82, 2.24) is 20.1 Å². The quantitative estimate of drug-likeness (QED) is 0.403. The van der Waals surface area contributed by atoms with Crippen LogP contribution in [-0.2, 0) is 22.4 Å². The standard InChI is InChI=1S/C32H39Br2ClN4O2/c1-19-12-27(36-17-19)32(41)39-8-4-20(5-9-39)13-28(40)38-10-6-21(7-11-38)30-29-22(15-25(35)16-26(29)34)2-3-23-14-24(33)18-37-31(23)30/h14-16,18-21,27,30,36H,2-13,17H2,1H3/t19-,27+,30-/m1/s1. The van der Waals surface area contributed by atoms with Gasteiger partial charge in [0.25, 0.3) is 0 Å². The number of hydrogen-bond acceptors (Lipinski definition) is 4. The third-order valence-electron chi connectivity index (χ3n) is 9.82. The molecule has 4 aliphatic rings. The number of piperidine rings is 2. The molecule has 4 heterocycles. The smallest absolute Gasteiger partial charge is 0.239 e. The average molecular weight is 707 g/mol. The Bertz CT molecular complexity index is 1310. The lowest BCUT2D eigenvalue weighted by atomic mass is 9.76. The van der Waals surface area contributed by atoms with E-state index in [1.807, 2.05) is 17.2 Å². The van der Waals surface area contributed by atoms with E-state index in [-0.39, 0.29) is 23.8 Å². The molecule has 0 radical (unpaired) electrons. The zero-order valence-corrected chi connectivity index (χ0v) is 27.6. The SMILES string of the molecule is C[C@H]1CN[C@H](C(=O)N2CCC(CC(=O)N3CCC([C@H]4c5ncc(Br)cc5CCc5cc(Cl)cc(Br)c54)CC3)CC2)C1. The highest BCUT2D eigenvalue weighted by molar-refractivity contribution is 9.10. The molecule has 0 unspecified atom stereocenters. The minimum Gasteiger partial charge on any atom is -0.343 e. The van der Waals surface area contributed by atoms with Crippen LogP contribution in [-0.4, -0.2) is 65.4 Å². The molecule has 2 aromatic rings. The van der Waals surface area contributed by atoms with E-state index in [0.717, 1.165) is 91.6 Å². The lowest BCUT2D eigenvalue weighted by Crippen LogP contribution is -2.47. The highest BCUT2D eigenvalue weighted by Gasteiger charge is 2.37. The van der Waals surface area contributed by atoms with Gasteiger partial charge in [-0.25, -0.2) is 0 Å². The molecule has 3 aliphatic heterocycles. The van der Waals surface area contributed by atoms with Gasteiger partial charge in [-0.3, -0.25) is 14.6 Å². The monoisotopic (exact) mass is 704 g/mol. The summed E-state index contributed by atoms with van der Waals surface area (Å²) in [4.78, 5) is 35.3. The summed E-state index contributed by atoms with van der Waals surface area (Å²) in [6.07, 6.45) is 9.09. The van der Waals surface area contributed by atoms with Gasteiger partial charge >= 0.3 is 0 Å². The third kappa shape index (κ3) is 6.41. The zero-order chi connectivity index (χ0) is 28.7. The first-order chi connectivity index (χ1) is 19.8. The number of nitrogens with zero attached hydrogens (tertiary/aromatic N) is 3. The summed E-state index contributed by atoms with van der Waals surface area (Å²) in [5, 5.41) is 4.13. The van der Waals surface area contributed by atoms with Gasteiger partial charge in [0, 0.05) is 58.7 Å². The molecule has 41 heavy (non-hydrogen) atoms. The predicted molar refractivity (Wildman–Crippen MR) is 169 cm³/mol. The number of amides is 2. The Balaban J connectivity index is 1.08. The Morgan fingerprint density at radius 1 is 1.00 bits per heavy atom. The molecule has 1 aromatic heterocycles. The molecule has 3 atom stereocenters. The van der Waals surface area contributed by atoms with Gasteiger partial charge in [0.2, 0.25) is 11.8 Å². The number of hydrogen-bond donors (Lipinski definition) is 1. The van der Waals surface area contributed by atoms with Gasteiger partial charge in [0.15, 0.2) is 0 Å². The summed E-state index contributed by atoms with van der Waals surface area (Å²) < 4.78 is 2.07. The molecule has 1 N–H and O–H groups in total. The summed E-state index contributed by atoms with van der Waals surface area (Å²) >= 11 is 14.0. The van der Waals surface area contributed by atoms with Crippen LogP contribution < -0.4 is 5.32 Å². The third-order valence-corrected chi connectivity index (χ3v) is 11.1. The Labute approximate surface area is 265 Å². The molecule has 9 heteroatoms. The lowest BCUT2D eigenvalue weighted by Gasteiger charge is -2.38. The number of carbonyl (C=O) groups is 2. The Hall–Kier alpha value is -1.48. The van der Waals surface area contributed by atoms with Crippen LogP contribution in [0.5, 0.6) is 0 Å². The van der Waals surface area contributed by atoms with Gasteiger partial charge in [-0.15, -0.1) is 0 Å². The number of pyridine rings is 1. The molecule has 1 aromatic carbocycles. The molecule has 220 valence electrons. The summed E-state index contributed by atoms with van der Waals surface area (Å²) in [5.41, 5.74) is 5.08. The second kappa shape index (κ2) is 12.6. The van der Waals surface area contributed by atoms with Crippen LogP contribution in [0.3, 0.4) is 0 Å². The van der Waals surface area contributed by atoms with Crippen molar-refractivity contribution in [2.24, 2.45) is 17.8 Å². The first kappa shape index (κ1) is 29.6. The molecular formula is C32H39Br2ClN4O2. The van der Waals surface area contributed by atoms with Crippen LogP contribution in [0.15, 0.2) is 33.3 Å². The van der Waals surface area contributed by atoms with E-state index in [4.69, 9.17) is 16.6 Å². The summed E-state index contributed by atoms with van der Waals surface area (Å²) in [6.45, 7) is 6.24. The molecule has 3 saturated heterocycles. The van der Waals surface area contributed by atoms with Gasteiger partial charge in [-0.1, -0.05) is 34.5 Å². The summed E-state index contributed by atoms with van der Waals surface area (Å²) in [7, 11) is 0. The molecule has 0 spiro atoms. The van der Waals surface area contributed by atoms with Crippen molar-refractivity contribution in [3.63, 3.8) is 0 Å². The fourth-order valence-corrected chi connectivity index (χ4v) is 9.07. The van der Waals surface area contributed by atoms with Gasteiger partial charge in [0.1, 0.15) is 0 Å². The number of aryl methyl sites for hydroxylation is 2. The first-order valence-electron chi connectivity index (χ1n) is 15.2. The van der Waals surface area contributed by atoms with Gasteiger partial charge < -0.3 is 15.1 Å². The largest absolute Gasteiger partial charge is 0.343 e. The zero-order valence-electron chi connectivity index (χ0n) is 23.7. The van der Waals surface area contributed by atoms with Crippen molar-refractivity contribution in [3.05, 3.63) is 60.7 Å². The second-order valence-electron chi connectivity index (χ2n) is 12.6. The molecule has 0 saturated carbocycles. The van der Waals surface area contributed by atoms with E-state index >= 15 is 0 Å². The van der Waals surface area contributed by atoms with Crippen molar-refractivity contribution in [1.29, 1.82) is 0 Å².